The first-order valence-corrected chi connectivity index (χ1v) is 7.03. The van der Waals surface area contributed by atoms with E-state index in [0.29, 0.717) is 29.4 Å². The Hall–Kier alpha value is -1.19. The number of hydrogen-bond donors (Lipinski definition) is 0. The third-order valence-electron chi connectivity index (χ3n) is 3.04. The molecule has 5 heteroatoms. The molecule has 1 aliphatic heterocycles. The molecule has 1 saturated carbocycles. The lowest BCUT2D eigenvalue weighted by atomic mass is 10.2. The molecule has 0 radical (unpaired) electrons. The maximum atomic E-state index is 6.16. The highest BCUT2D eigenvalue weighted by Crippen LogP contribution is 2.25. The van der Waals surface area contributed by atoms with Crippen LogP contribution in [0.1, 0.15) is 18.4 Å². The molecule has 1 aromatic rings. The van der Waals surface area contributed by atoms with Crippen molar-refractivity contribution in [1.29, 1.82) is 0 Å². The number of nitrogens with zero attached hydrogens (tertiary/aromatic N) is 2. The van der Waals surface area contributed by atoms with Crippen LogP contribution in [0.3, 0.4) is 0 Å². The summed E-state index contributed by atoms with van der Waals surface area (Å²) >= 11 is 12.0. The molecule has 0 aromatic heterocycles. The molecule has 0 unspecified atom stereocenters. The molecule has 19 heavy (non-hydrogen) atoms. The molecular weight excluding hydrogens is 283 g/mol. The van der Waals surface area contributed by atoms with Gasteiger partial charge in [-0.05, 0) is 30.5 Å². The Morgan fingerprint density at radius 1 is 1.32 bits per heavy atom. The molecule has 3 rings (SSSR count). The van der Waals surface area contributed by atoms with Crippen LogP contribution in [0.4, 0.5) is 0 Å². The summed E-state index contributed by atoms with van der Waals surface area (Å²) in [6.07, 6.45) is 6.59. The van der Waals surface area contributed by atoms with Gasteiger partial charge in [0.25, 0.3) is 0 Å². The highest BCUT2D eigenvalue weighted by Gasteiger charge is 2.25. The molecule has 0 atom stereocenters. The zero-order chi connectivity index (χ0) is 13.2. The van der Waals surface area contributed by atoms with Crippen molar-refractivity contribution in [3.63, 3.8) is 0 Å². The molecule has 1 fully saturated rings. The second kappa shape index (κ2) is 5.43. The summed E-state index contributed by atoms with van der Waals surface area (Å²) in [7, 11) is 0. The first-order valence-electron chi connectivity index (χ1n) is 6.28. The largest absolute Gasteiger partial charge is 0.475 e. The molecular formula is C14H14Cl2N2O. The van der Waals surface area contributed by atoms with Crippen molar-refractivity contribution < 1.29 is 4.74 Å². The van der Waals surface area contributed by atoms with E-state index in [2.05, 4.69) is 9.89 Å². The molecule has 0 amide bonds. The quantitative estimate of drug-likeness (QED) is 0.846. The van der Waals surface area contributed by atoms with Gasteiger partial charge in [-0.1, -0.05) is 29.3 Å². The molecule has 3 nitrogen and oxygen atoms in total. The van der Waals surface area contributed by atoms with Gasteiger partial charge in [-0.25, -0.2) is 4.99 Å². The minimum absolute atomic E-state index is 0.389. The van der Waals surface area contributed by atoms with E-state index in [1.165, 1.54) is 0 Å². The number of benzene rings is 1. The van der Waals surface area contributed by atoms with Crippen LogP contribution >= 0.6 is 23.2 Å². The van der Waals surface area contributed by atoms with Crippen molar-refractivity contribution >= 4 is 29.1 Å². The molecule has 2 aliphatic rings. The van der Waals surface area contributed by atoms with E-state index in [9.17, 15) is 0 Å². The summed E-state index contributed by atoms with van der Waals surface area (Å²) in [6.45, 7) is 1.31. The van der Waals surface area contributed by atoms with E-state index in [4.69, 9.17) is 27.9 Å². The zero-order valence-corrected chi connectivity index (χ0v) is 11.9. The van der Waals surface area contributed by atoms with Crippen molar-refractivity contribution in [2.75, 3.05) is 6.67 Å². The van der Waals surface area contributed by atoms with Gasteiger partial charge in [0.2, 0.25) is 5.90 Å². The third-order valence-corrected chi connectivity index (χ3v) is 3.62. The van der Waals surface area contributed by atoms with Crippen molar-refractivity contribution in [2.45, 2.75) is 25.5 Å². The lowest BCUT2D eigenvalue weighted by Gasteiger charge is -2.22. The maximum Gasteiger partial charge on any atom is 0.212 e. The van der Waals surface area contributed by atoms with Crippen LogP contribution < -0.4 is 0 Å². The van der Waals surface area contributed by atoms with Gasteiger partial charge in [-0.15, -0.1) is 0 Å². The summed E-state index contributed by atoms with van der Waals surface area (Å²) in [6, 6.07) is 5.55. The SMILES string of the molecule is Clc1ccc(CN2C=CC(OC3CC3)=NC2)c(Cl)c1. The predicted octanol–water partition coefficient (Wildman–Crippen LogP) is 3.86. The van der Waals surface area contributed by atoms with Gasteiger partial charge in [0, 0.05) is 28.9 Å². The second-order valence-electron chi connectivity index (χ2n) is 4.75. The number of halogens is 2. The standard InChI is InChI=1S/C14H14Cl2N2O/c15-11-2-1-10(13(16)7-11)8-18-6-5-14(17-9-18)19-12-3-4-12/h1-2,5-7,12H,3-4,8-9H2. The van der Waals surface area contributed by atoms with Crippen molar-refractivity contribution in [2.24, 2.45) is 4.99 Å². The van der Waals surface area contributed by atoms with Crippen LogP contribution in [0, 0.1) is 0 Å². The van der Waals surface area contributed by atoms with E-state index >= 15 is 0 Å². The molecule has 0 bridgehead atoms. The van der Waals surface area contributed by atoms with Crippen LogP contribution in [0.5, 0.6) is 0 Å². The van der Waals surface area contributed by atoms with E-state index < -0.39 is 0 Å². The van der Waals surface area contributed by atoms with Crippen LogP contribution in [0.25, 0.3) is 0 Å². The van der Waals surface area contributed by atoms with Crippen LogP contribution in [0.2, 0.25) is 10.0 Å². The lowest BCUT2D eigenvalue weighted by Crippen LogP contribution is -2.23. The van der Waals surface area contributed by atoms with Crippen LogP contribution in [-0.2, 0) is 11.3 Å². The van der Waals surface area contributed by atoms with Gasteiger partial charge in [0.1, 0.15) is 12.8 Å². The smallest absolute Gasteiger partial charge is 0.212 e. The molecule has 100 valence electrons. The lowest BCUT2D eigenvalue weighted by molar-refractivity contribution is 0.279. The van der Waals surface area contributed by atoms with Gasteiger partial charge in [0.05, 0.1) is 0 Å². The minimum atomic E-state index is 0.389. The van der Waals surface area contributed by atoms with Crippen molar-refractivity contribution in [3.05, 3.63) is 46.1 Å². The van der Waals surface area contributed by atoms with Gasteiger partial charge in [-0.3, -0.25) is 0 Å². The monoisotopic (exact) mass is 296 g/mol. The van der Waals surface area contributed by atoms with E-state index in [1.54, 1.807) is 6.07 Å². The Balaban J connectivity index is 1.59. The Morgan fingerprint density at radius 2 is 2.16 bits per heavy atom. The zero-order valence-electron chi connectivity index (χ0n) is 10.4. The third kappa shape index (κ3) is 3.43. The molecule has 0 saturated heterocycles. The molecule has 1 aliphatic carbocycles. The second-order valence-corrected chi connectivity index (χ2v) is 5.60. The van der Waals surface area contributed by atoms with Crippen molar-refractivity contribution in [1.82, 2.24) is 4.90 Å². The maximum absolute atomic E-state index is 6.16. The minimum Gasteiger partial charge on any atom is -0.475 e. The van der Waals surface area contributed by atoms with Crippen LogP contribution in [-0.4, -0.2) is 23.6 Å². The average Bonchev–Trinajstić information content (AvgIpc) is 3.19. The number of ether oxygens (including phenoxy) is 1. The van der Waals surface area contributed by atoms with Crippen molar-refractivity contribution in [3.8, 4) is 0 Å². The number of rotatable bonds is 3. The Bertz CT molecular complexity index is 538. The predicted molar refractivity (Wildman–Crippen MR) is 77.6 cm³/mol. The normalized spacial score (nSPS) is 18.4. The van der Waals surface area contributed by atoms with Gasteiger partial charge < -0.3 is 9.64 Å². The molecule has 1 aromatic carbocycles. The molecule has 0 spiro atoms. The first-order chi connectivity index (χ1) is 9.20. The van der Waals surface area contributed by atoms with Crippen LogP contribution in [0.15, 0.2) is 35.5 Å². The van der Waals surface area contributed by atoms with Gasteiger partial charge >= 0.3 is 0 Å². The highest BCUT2D eigenvalue weighted by atomic mass is 35.5. The van der Waals surface area contributed by atoms with E-state index in [1.807, 2.05) is 24.4 Å². The summed E-state index contributed by atoms with van der Waals surface area (Å²) < 4.78 is 5.63. The average molecular weight is 297 g/mol. The summed E-state index contributed by atoms with van der Waals surface area (Å²) in [5.74, 6) is 0.737. The molecule has 0 N–H and O–H groups in total. The Morgan fingerprint density at radius 3 is 2.79 bits per heavy atom. The fourth-order valence-corrected chi connectivity index (χ4v) is 2.30. The summed E-state index contributed by atoms with van der Waals surface area (Å²) in [5, 5.41) is 1.34. The highest BCUT2D eigenvalue weighted by molar-refractivity contribution is 6.35. The Kier molecular flexibility index (Phi) is 3.67. The first kappa shape index (κ1) is 12.8. The molecule has 1 heterocycles. The fraction of sp³-hybridized carbons (Fsp3) is 0.357. The van der Waals surface area contributed by atoms with Gasteiger partial charge in [-0.2, -0.15) is 0 Å². The number of hydrogen-bond acceptors (Lipinski definition) is 3. The van der Waals surface area contributed by atoms with Gasteiger partial charge in [0.15, 0.2) is 0 Å². The summed E-state index contributed by atoms with van der Waals surface area (Å²) in [4.78, 5) is 6.48. The number of aliphatic imine (C=N–C) groups is 1. The topological polar surface area (TPSA) is 24.8 Å². The Labute approximate surface area is 122 Å². The summed E-state index contributed by atoms with van der Waals surface area (Å²) in [5.41, 5.74) is 1.04. The van der Waals surface area contributed by atoms with E-state index in [0.717, 1.165) is 24.3 Å². The fourth-order valence-electron chi connectivity index (χ4n) is 1.83. The van der Waals surface area contributed by atoms with E-state index in [-0.39, 0.29) is 0 Å².